The molecule has 2 heteroatoms. The number of carbonyl (C=O) groups is 1. The topological polar surface area (TPSA) is 43.1 Å². The second kappa shape index (κ2) is 2.31. The van der Waals surface area contributed by atoms with E-state index in [0.717, 1.165) is 18.4 Å². The predicted octanol–water partition coefficient (Wildman–Crippen LogP) is 0.623. The maximum Gasteiger partial charge on any atom is 0.175 e. The summed E-state index contributed by atoms with van der Waals surface area (Å²) in [4.78, 5) is 10.9. The van der Waals surface area contributed by atoms with Gasteiger partial charge in [0.2, 0.25) is 0 Å². The number of rotatable bonds is 0. The average Bonchev–Trinajstić information content (AvgIpc) is 2.15. The molecule has 0 aromatic carbocycles. The van der Waals surface area contributed by atoms with Crippen LogP contribution in [0.2, 0.25) is 0 Å². The fraction of sp³-hybridized carbons (Fsp3) is 0.571. The minimum atomic E-state index is -0.212. The Kier molecular flexibility index (Phi) is 1.67. The SMILES string of the molecule is CC=C1CCC(N)C1=O. The Morgan fingerprint density at radius 3 is 2.67 bits per heavy atom. The first-order valence-electron chi connectivity index (χ1n) is 3.20. The zero-order valence-corrected chi connectivity index (χ0v) is 5.55. The van der Waals surface area contributed by atoms with E-state index >= 15 is 0 Å². The normalized spacial score (nSPS) is 32.0. The van der Waals surface area contributed by atoms with Crippen molar-refractivity contribution in [3.05, 3.63) is 11.6 Å². The summed E-state index contributed by atoms with van der Waals surface area (Å²) in [6, 6.07) is -0.212. The molecule has 50 valence electrons. The van der Waals surface area contributed by atoms with Gasteiger partial charge in [-0.15, -0.1) is 0 Å². The van der Waals surface area contributed by atoms with Crippen LogP contribution in [0.5, 0.6) is 0 Å². The van der Waals surface area contributed by atoms with E-state index in [-0.39, 0.29) is 11.8 Å². The maximum atomic E-state index is 10.9. The first-order chi connectivity index (χ1) is 4.25. The third-order valence-electron chi connectivity index (χ3n) is 1.73. The largest absolute Gasteiger partial charge is 0.321 e. The Bertz CT molecular complexity index is 160. The van der Waals surface area contributed by atoms with Gasteiger partial charge in [-0.3, -0.25) is 4.79 Å². The van der Waals surface area contributed by atoms with Gasteiger partial charge >= 0.3 is 0 Å². The first kappa shape index (κ1) is 6.49. The van der Waals surface area contributed by atoms with Crippen LogP contribution < -0.4 is 5.73 Å². The minimum Gasteiger partial charge on any atom is -0.321 e. The number of hydrogen-bond acceptors (Lipinski definition) is 2. The molecule has 1 rings (SSSR count). The highest BCUT2D eigenvalue weighted by atomic mass is 16.1. The van der Waals surface area contributed by atoms with E-state index in [0.29, 0.717) is 0 Å². The second-order valence-electron chi connectivity index (χ2n) is 2.32. The summed E-state index contributed by atoms with van der Waals surface area (Å²) < 4.78 is 0. The molecule has 1 fully saturated rings. The lowest BCUT2D eigenvalue weighted by atomic mass is 10.2. The minimum absolute atomic E-state index is 0.137. The number of ketones is 1. The van der Waals surface area contributed by atoms with E-state index in [2.05, 4.69) is 0 Å². The molecule has 1 saturated carbocycles. The molecule has 0 saturated heterocycles. The molecule has 0 aliphatic heterocycles. The van der Waals surface area contributed by atoms with Crippen molar-refractivity contribution in [2.45, 2.75) is 25.8 Å². The fourth-order valence-electron chi connectivity index (χ4n) is 1.09. The maximum absolute atomic E-state index is 10.9. The summed E-state index contributed by atoms with van der Waals surface area (Å²) in [7, 11) is 0. The molecule has 0 spiro atoms. The van der Waals surface area contributed by atoms with Crippen molar-refractivity contribution in [1.29, 1.82) is 0 Å². The third-order valence-corrected chi connectivity index (χ3v) is 1.73. The van der Waals surface area contributed by atoms with Gasteiger partial charge in [0.15, 0.2) is 5.78 Å². The van der Waals surface area contributed by atoms with Gasteiger partial charge in [-0.1, -0.05) is 6.08 Å². The summed E-state index contributed by atoms with van der Waals surface area (Å²) in [6.45, 7) is 1.88. The average molecular weight is 125 g/mol. The summed E-state index contributed by atoms with van der Waals surface area (Å²) in [5, 5.41) is 0. The van der Waals surface area contributed by atoms with Gasteiger partial charge in [-0.2, -0.15) is 0 Å². The molecule has 1 aliphatic carbocycles. The van der Waals surface area contributed by atoms with Gasteiger partial charge in [0, 0.05) is 0 Å². The van der Waals surface area contributed by atoms with Gasteiger partial charge in [-0.05, 0) is 25.3 Å². The summed E-state index contributed by atoms with van der Waals surface area (Å²) in [6.07, 6.45) is 3.56. The molecule has 2 nitrogen and oxygen atoms in total. The molecule has 1 unspecified atom stereocenters. The molecule has 0 bridgehead atoms. The number of Topliss-reactive ketones (excluding diaryl/α,β-unsaturated/α-hetero) is 1. The van der Waals surface area contributed by atoms with Crippen molar-refractivity contribution in [2.75, 3.05) is 0 Å². The van der Waals surface area contributed by atoms with Crippen molar-refractivity contribution < 1.29 is 4.79 Å². The monoisotopic (exact) mass is 125 g/mol. The lowest BCUT2D eigenvalue weighted by Gasteiger charge is -1.94. The summed E-state index contributed by atoms with van der Waals surface area (Å²) in [5.41, 5.74) is 6.36. The second-order valence-corrected chi connectivity index (χ2v) is 2.32. The predicted molar refractivity (Wildman–Crippen MR) is 36.0 cm³/mol. The molecule has 1 aliphatic rings. The Hall–Kier alpha value is -0.630. The van der Waals surface area contributed by atoms with Gasteiger partial charge < -0.3 is 5.73 Å². The molecule has 0 heterocycles. The molecule has 2 N–H and O–H groups in total. The lowest BCUT2D eigenvalue weighted by molar-refractivity contribution is -0.115. The Balaban J connectivity index is 2.74. The zero-order chi connectivity index (χ0) is 6.85. The summed E-state index contributed by atoms with van der Waals surface area (Å²) in [5.74, 6) is 0.137. The van der Waals surface area contributed by atoms with Crippen LogP contribution in [0.4, 0.5) is 0 Å². The highest BCUT2D eigenvalue weighted by Gasteiger charge is 2.24. The Labute approximate surface area is 54.7 Å². The van der Waals surface area contributed by atoms with E-state index in [1.807, 2.05) is 13.0 Å². The first-order valence-corrected chi connectivity index (χ1v) is 3.20. The van der Waals surface area contributed by atoms with Crippen molar-refractivity contribution in [3.63, 3.8) is 0 Å². The smallest absolute Gasteiger partial charge is 0.175 e. The van der Waals surface area contributed by atoms with Crippen LogP contribution in [0.25, 0.3) is 0 Å². The number of nitrogens with two attached hydrogens (primary N) is 1. The van der Waals surface area contributed by atoms with Crippen molar-refractivity contribution in [1.82, 2.24) is 0 Å². The molecule has 9 heavy (non-hydrogen) atoms. The molecule has 0 aromatic heterocycles. The summed E-state index contributed by atoms with van der Waals surface area (Å²) >= 11 is 0. The van der Waals surface area contributed by atoms with Crippen LogP contribution in [0.1, 0.15) is 19.8 Å². The van der Waals surface area contributed by atoms with E-state index in [1.54, 1.807) is 0 Å². The van der Waals surface area contributed by atoms with Gasteiger partial charge in [0.25, 0.3) is 0 Å². The molecular formula is C7H11NO. The number of hydrogen-bond donors (Lipinski definition) is 1. The van der Waals surface area contributed by atoms with Crippen LogP contribution >= 0.6 is 0 Å². The van der Waals surface area contributed by atoms with E-state index in [9.17, 15) is 4.79 Å². The number of allylic oxidation sites excluding steroid dienone is 1. The molecule has 0 radical (unpaired) electrons. The van der Waals surface area contributed by atoms with Crippen molar-refractivity contribution in [3.8, 4) is 0 Å². The standard InChI is InChI=1S/C7H11NO/c1-2-5-3-4-6(8)7(5)9/h2,6H,3-4,8H2,1H3. The molecule has 1 atom stereocenters. The molecular weight excluding hydrogens is 114 g/mol. The van der Waals surface area contributed by atoms with Gasteiger partial charge in [0.1, 0.15) is 0 Å². The highest BCUT2D eigenvalue weighted by molar-refractivity contribution is 6.01. The number of carbonyl (C=O) groups excluding carboxylic acids is 1. The lowest BCUT2D eigenvalue weighted by Crippen LogP contribution is -2.24. The Morgan fingerprint density at radius 2 is 2.44 bits per heavy atom. The third kappa shape index (κ3) is 1.03. The Morgan fingerprint density at radius 1 is 1.78 bits per heavy atom. The van der Waals surface area contributed by atoms with Crippen molar-refractivity contribution in [2.24, 2.45) is 5.73 Å². The fourth-order valence-corrected chi connectivity index (χ4v) is 1.09. The van der Waals surface area contributed by atoms with Crippen LogP contribution in [0.3, 0.4) is 0 Å². The van der Waals surface area contributed by atoms with Crippen LogP contribution in [0, 0.1) is 0 Å². The van der Waals surface area contributed by atoms with Crippen molar-refractivity contribution >= 4 is 5.78 Å². The van der Waals surface area contributed by atoms with E-state index in [4.69, 9.17) is 5.73 Å². The molecule has 0 aromatic rings. The van der Waals surface area contributed by atoms with Crippen LogP contribution in [-0.4, -0.2) is 11.8 Å². The zero-order valence-electron chi connectivity index (χ0n) is 5.55. The van der Waals surface area contributed by atoms with Crippen LogP contribution in [0.15, 0.2) is 11.6 Å². The van der Waals surface area contributed by atoms with E-state index < -0.39 is 0 Å². The molecule has 0 amide bonds. The van der Waals surface area contributed by atoms with Gasteiger partial charge in [-0.25, -0.2) is 0 Å². The quantitative estimate of drug-likeness (QED) is 0.482. The van der Waals surface area contributed by atoms with Crippen LogP contribution in [-0.2, 0) is 4.79 Å². The van der Waals surface area contributed by atoms with E-state index in [1.165, 1.54) is 0 Å². The highest BCUT2D eigenvalue weighted by Crippen LogP contribution is 2.18. The van der Waals surface area contributed by atoms with Gasteiger partial charge in [0.05, 0.1) is 6.04 Å².